The number of benzene rings is 2. The lowest BCUT2D eigenvalue weighted by atomic mass is 9.53. The number of aliphatic carboxylic acids is 1. The van der Waals surface area contributed by atoms with E-state index in [-0.39, 0.29) is 23.1 Å². The van der Waals surface area contributed by atoms with E-state index in [1.165, 1.54) is 11.1 Å². The minimum Gasteiger partial charge on any atom is -0.481 e. The van der Waals surface area contributed by atoms with Gasteiger partial charge >= 0.3 is 5.97 Å². The highest BCUT2D eigenvalue weighted by molar-refractivity contribution is 6.32. The molecule has 1 N–H and O–H groups in total. The molecule has 0 saturated heterocycles. The van der Waals surface area contributed by atoms with E-state index in [2.05, 4.69) is 24.3 Å². The highest BCUT2D eigenvalue weighted by Crippen LogP contribution is 2.61. The Morgan fingerprint density at radius 2 is 1.52 bits per heavy atom. The first kappa shape index (κ1) is 15.0. The number of carboxylic acid groups (broad SMARTS) is 1. The zero-order valence-corrected chi connectivity index (χ0v) is 13.9. The fourth-order valence-electron chi connectivity index (χ4n) is 4.45. The van der Waals surface area contributed by atoms with E-state index in [1.54, 1.807) is 0 Å². The predicted molar refractivity (Wildman–Crippen MR) is 91.7 cm³/mol. The van der Waals surface area contributed by atoms with Gasteiger partial charge in [0.1, 0.15) is 0 Å². The van der Waals surface area contributed by atoms with E-state index >= 15 is 0 Å². The first-order valence-electron chi connectivity index (χ1n) is 7.76. The van der Waals surface area contributed by atoms with Gasteiger partial charge in [-0.2, -0.15) is 0 Å². The van der Waals surface area contributed by atoms with Crippen molar-refractivity contribution in [1.29, 1.82) is 0 Å². The van der Waals surface area contributed by atoms with Gasteiger partial charge in [0.25, 0.3) is 0 Å². The molecule has 5 rings (SSSR count). The molecule has 2 bridgehead atoms. The first-order valence-corrected chi connectivity index (χ1v) is 8.63. The second-order valence-electron chi connectivity index (χ2n) is 6.36. The highest BCUT2D eigenvalue weighted by atomic mass is 35.5. The van der Waals surface area contributed by atoms with Crippen LogP contribution in [0, 0.1) is 0 Å². The second-order valence-corrected chi connectivity index (χ2v) is 7.34. The largest absolute Gasteiger partial charge is 0.481 e. The molecule has 0 fully saturated rings. The van der Waals surface area contributed by atoms with Gasteiger partial charge in [-0.05, 0) is 28.7 Å². The molecule has 0 saturated carbocycles. The average molecular weight is 347 g/mol. The van der Waals surface area contributed by atoms with Crippen molar-refractivity contribution in [3.63, 3.8) is 0 Å². The maximum absolute atomic E-state index is 11.2. The topological polar surface area (TPSA) is 37.3 Å². The van der Waals surface area contributed by atoms with Gasteiger partial charge in [-0.15, -0.1) is 23.2 Å². The van der Waals surface area contributed by atoms with Gasteiger partial charge in [-0.1, -0.05) is 48.5 Å². The summed E-state index contributed by atoms with van der Waals surface area (Å²) in [6, 6.07) is 16.4. The Morgan fingerprint density at radius 3 is 2.04 bits per heavy atom. The smallest absolute Gasteiger partial charge is 0.303 e. The Hall–Kier alpha value is -1.51. The fraction of sp³-hybridized carbons (Fsp3) is 0.316. The molecule has 0 spiro atoms. The van der Waals surface area contributed by atoms with Crippen LogP contribution in [0.5, 0.6) is 0 Å². The van der Waals surface area contributed by atoms with Gasteiger partial charge in [0.2, 0.25) is 0 Å². The number of hydrogen-bond acceptors (Lipinski definition) is 1. The Kier molecular flexibility index (Phi) is 3.44. The number of fused-ring (bicyclic) bond motifs is 1. The average Bonchev–Trinajstić information content (AvgIpc) is 2.56. The molecular weight excluding hydrogens is 331 g/mol. The molecule has 2 aromatic rings. The lowest BCUT2D eigenvalue weighted by Gasteiger charge is -2.54. The van der Waals surface area contributed by atoms with Crippen molar-refractivity contribution in [1.82, 2.24) is 0 Å². The van der Waals surface area contributed by atoms with Crippen molar-refractivity contribution in [2.75, 3.05) is 0 Å². The van der Waals surface area contributed by atoms with Gasteiger partial charge in [0, 0.05) is 17.8 Å². The molecule has 4 heteroatoms. The molecule has 0 aliphatic heterocycles. The summed E-state index contributed by atoms with van der Waals surface area (Å²) in [5, 5.41) is 8.68. The second kappa shape index (κ2) is 5.25. The lowest BCUT2D eigenvalue weighted by Crippen LogP contribution is -2.54. The van der Waals surface area contributed by atoms with E-state index in [1.807, 2.05) is 24.3 Å². The number of alkyl halides is 2. The van der Waals surface area contributed by atoms with E-state index in [0.29, 0.717) is 6.42 Å². The van der Waals surface area contributed by atoms with Crippen LogP contribution < -0.4 is 0 Å². The summed E-state index contributed by atoms with van der Waals surface area (Å²) in [7, 11) is 0. The summed E-state index contributed by atoms with van der Waals surface area (Å²) in [4.78, 5) is 11.2. The third-order valence-corrected chi connectivity index (χ3v) is 6.63. The standard InChI is InChI=1S/C19H16Cl2O2/c20-17-16-11-5-1-3-7-13(11)19(18(17)21,10-9-15(22)23)14-8-4-2-6-12(14)16/h1-8,16-18H,9-10H2,(H,22,23)/t16?,17-,18+,19?/m1/s1. The summed E-state index contributed by atoms with van der Waals surface area (Å²) in [5.74, 6) is -0.740. The van der Waals surface area contributed by atoms with Crippen LogP contribution in [0.2, 0.25) is 0 Å². The van der Waals surface area contributed by atoms with Crippen molar-refractivity contribution in [2.24, 2.45) is 0 Å². The summed E-state index contributed by atoms with van der Waals surface area (Å²) in [5.41, 5.74) is 4.12. The van der Waals surface area contributed by atoms with Gasteiger partial charge in [-0.25, -0.2) is 0 Å². The molecule has 23 heavy (non-hydrogen) atoms. The van der Waals surface area contributed by atoms with Crippen molar-refractivity contribution in [3.8, 4) is 0 Å². The molecule has 2 atom stereocenters. The number of rotatable bonds is 3. The van der Waals surface area contributed by atoms with Crippen LogP contribution in [0.15, 0.2) is 48.5 Å². The molecule has 0 aromatic heterocycles. The number of hydrogen-bond donors (Lipinski definition) is 1. The molecule has 0 unspecified atom stereocenters. The van der Waals surface area contributed by atoms with Crippen LogP contribution >= 0.6 is 23.2 Å². The van der Waals surface area contributed by atoms with Crippen molar-refractivity contribution in [2.45, 2.75) is 34.9 Å². The van der Waals surface area contributed by atoms with E-state index in [9.17, 15) is 9.90 Å². The quantitative estimate of drug-likeness (QED) is 0.830. The highest BCUT2D eigenvalue weighted by Gasteiger charge is 2.57. The normalized spacial score (nSPS) is 30.6. The molecule has 3 aliphatic rings. The van der Waals surface area contributed by atoms with Crippen LogP contribution in [0.1, 0.15) is 41.0 Å². The SMILES string of the molecule is O=C(O)CCC12c3ccccc3C(c3ccccc31)[C@@H](Cl)[C@@H]2Cl. The number of carboxylic acids is 1. The van der Waals surface area contributed by atoms with Gasteiger partial charge in [-0.3, -0.25) is 4.79 Å². The molecule has 118 valence electrons. The van der Waals surface area contributed by atoms with Crippen LogP contribution in [0.3, 0.4) is 0 Å². The van der Waals surface area contributed by atoms with E-state index < -0.39 is 11.4 Å². The van der Waals surface area contributed by atoms with Crippen molar-refractivity contribution < 1.29 is 9.90 Å². The zero-order valence-electron chi connectivity index (χ0n) is 12.4. The number of carbonyl (C=O) groups is 1. The third kappa shape index (κ3) is 1.91. The van der Waals surface area contributed by atoms with E-state index in [4.69, 9.17) is 23.2 Å². The van der Waals surface area contributed by atoms with Gasteiger partial charge in [0.15, 0.2) is 0 Å². The minimum atomic E-state index is -0.808. The Morgan fingerprint density at radius 1 is 1.00 bits per heavy atom. The maximum atomic E-state index is 11.2. The molecule has 2 aromatic carbocycles. The predicted octanol–water partition coefficient (Wildman–Crippen LogP) is 4.51. The first-order chi connectivity index (χ1) is 11.1. The fourth-order valence-corrected chi connectivity index (χ4v) is 5.43. The summed E-state index contributed by atoms with van der Waals surface area (Å²) in [6.45, 7) is 0. The van der Waals surface area contributed by atoms with E-state index in [0.717, 1.165) is 11.1 Å². The molecule has 0 radical (unpaired) electrons. The van der Waals surface area contributed by atoms with Crippen LogP contribution in [-0.4, -0.2) is 21.8 Å². The Bertz CT molecular complexity index is 739. The van der Waals surface area contributed by atoms with Gasteiger partial charge in [0.05, 0.1) is 10.8 Å². The lowest BCUT2D eigenvalue weighted by molar-refractivity contribution is -0.137. The summed E-state index contributed by atoms with van der Waals surface area (Å²) in [6.07, 6.45) is 0.528. The van der Waals surface area contributed by atoms with Crippen LogP contribution in [0.4, 0.5) is 0 Å². The zero-order chi connectivity index (χ0) is 16.2. The van der Waals surface area contributed by atoms with Crippen LogP contribution in [0.25, 0.3) is 0 Å². The van der Waals surface area contributed by atoms with Crippen molar-refractivity contribution >= 4 is 29.2 Å². The minimum absolute atomic E-state index is 0.0678. The Labute approximate surface area is 145 Å². The molecular formula is C19H16Cl2O2. The molecule has 2 nitrogen and oxygen atoms in total. The summed E-state index contributed by atoms with van der Waals surface area (Å²) < 4.78 is 0. The molecule has 0 heterocycles. The number of halogens is 2. The molecule has 3 aliphatic carbocycles. The van der Waals surface area contributed by atoms with Crippen molar-refractivity contribution in [3.05, 3.63) is 70.8 Å². The molecule has 0 amide bonds. The van der Waals surface area contributed by atoms with Gasteiger partial charge < -0.3 is 5.11 Å². The Balaban J connectivity index is 2.02. The maximum Gasteiger partial charge on any atom is 0.303 e. The third-order valence-electron chi connectivity index (χ3n) is 5.35. The summed E-state index contributed by atoms with van der Waals surface area (Å²) >= 11 is 13.6. The monoisotopic (exact) mass is 346 g/mol. The van der Waals surface area contributed by atoms with Crippen LogP contribution in [-0.2, 0) is 10.2 Å².